The van der Waals surface area contributed by atoms with Crippen LogP contribution < -0.4 is 10.2 Å². The lowest BCUT2D eigenvalue weighted by molar-refractivity contribution is 0.0534. The van der Waals surface area contributed by atoms with Gasteiger partial charge in [-0.1, -0.05) is 30.0 Å². The van der Waals surface area contributed by atoms with Crippen LogP contribution in [0, 0.1) is 0 Å². The topological polar surface area (TPSA) is 66.1 Å². The monoisotopic (exact) mass is 387 g/mol. The summed E-state index contributed by atoms with van der Waals surface area (Å²) >= 11 is 3.27. The normalized spacial score (nSPS) is 19.8. The molecule has 0 bridgehead atoms. The molecule has 1 aliphatic heterocycles. The third kappa shape index (κ3) is 3.93. The van der Waals surface area contributed by atoms with Crippen molar-refractivity contribution in [3.63, 3.8) is 0 Å². The van der Waals surface area contributed by atoms with Gasteiger partial charge >= 0.3 is 0 Å². The molecule has 3 aromatic rings. The first-order valence-corrected chi connectivity index (χ1v) is 10.3. The molecule has 2 aromatic heterocycles. The molecule has 2 atom stereocenters. The fraction of sp³-hybridized carbons (Fsp3) is 0.333. The van der Waals surface area contributed by atoms with Gasteiger partial charge in [-0.05, 0) is 29.1 Å². The summed E-state index contributed by atoms with van der Waals surface area (Å²) in [6.45, 7) is 0.829. The van der Waals surface area contributed by atoms with Gasteiger partial charge in [0.1, 0.15) is 6.23 Å². The molecule has 0 unspecified atom stereocenters. The van der Waals surface area contributed by atoms with E-state index in [2.05, 4.69) is 49.7 Å². The molecule has 26 heavy (non-hydrogen) atoms. The van der Waals surface area contributed by atoms with Crippen LogP contribution in [0.3, 0.4) is 0 Å². The van der Waals surface area contributed by atoms with Gasteiger partial charge in [0.25, 0.3) is 0 Å². The summed E-state index contributed by atoms with van der Waals surface area (Å²) in [6.07, 6.45) is 0.0906. The molecule has 2 N–H and O–H groups in total. The summed E-state index contributed by atoms with van der Waals surface area (Å²) < 4.78 is 6.14. The molecule has 1 fully saturated rings. The molecule has 4 rings (SSSR count). The fourth-order valence-corrected chi connectivity index (χ4v) is 4.23. The number of thiophene rings is 1. The zero-order valence-corrected chi connectivity index (χ0v) is 16.3. The van der Waals surface area contributed by atoms with Gasteiger partial charge in [-0.15, -0.1) is 16.4 Å². The summed E-state index contributed by atoms with van der Waals surface area (Å²) in [6, 6.07) is 12.5. The van der Waals surface area contributed by atoms with Gasteiger partial charge in [-0.2, -0.15) is 0 Å². The molecule has 0 aliphatic carbocycles. The maximum atomic E-state index is 6.14. The zero-order chi connectivity index (χ0) is 17.9. The van der Waals surface area contributed by atoms with E-state index in [9.17, 15) is 0 Å². The average molecular weight is 388 g/mol. The SMILES string of the molecule is CN(C)c1ccc([C@@H]2NC[C@@H](CSc3n[nH]c(-c4cccs4)n3)O2)cc1. The Bertz CT molecular complexity index is 832. The van der Waals surface area contributed by atoms with Gasteiger partial charge in [-0.25, -0.2) is 4.98 Å². The lowest BCUT2D eigenvalue weighted by Crippen LogP contribution is -2.17. The van der Waals surface area contributed by atoms with Crippen molar-refractivity contribution in [1.29, 1.82) is 0 Å². The van der Waals surface area contributed by atoms with Crippen molar-refractivity contribution in [2.75, 3.05) is 31.3 Å². The molecule has 0 spiro atoms. The number of thioether (sulfide) groups is 1. The number of hydrogen-bond donors (Lipinski definition) is 2. The van der Waals surface area contributed by atoms with E-state index in [0.717, 1.165) is 33.7 Å². The van der Waals surface area contributed by atoms with Crippen molar-refractivity contribution in [2.24, 2.45) is 0 Å². The predicted octanol–water partition coefficient (Wildman–Crippen LogP) is 3.38. The molecule has 3 heterocycles. The fourth-order valence-electron chi connectivity index (χ4n) is 2.77. The van der Waals surface area contributed by atoms with Crippen LogP contribution in [-0.4, -0.2) is 47.7 Å². The van der Waals surface area contributed by atoms with E-state index in [4.69, 9.17) is 4.74 Å². The van der Waals surface area contributed by atoms with Crippen LogP contribution in [0.5, 0.6) is 0 Å². The van der Waals surface area contributed by atoms with Crippen molar-refractivity contribution in [3.05, 3.63) is 47.3 Å². The molecule has 1 aliphatic rings. The Labute approximate surface area is 161 Å². The molecule has 6 nitrogen and oxygen atoms in total. The molecule has 136 valence electrons. The highest BCUT2D eigenvalue weighted by atomic mass is 32.2. The van der Waals surface area contributed by atoms with Gasteiger partial charge < -0.3 is 9.64 Å². The summed E-state index contributed by atoms with van der Waals surface area (Å²) in [5.74, 6) is 1.65. The molecule has 0 amide bonds. The molecular formula is C18H21N5OS2. The van der Waals surface area contributed by atoms with Crippen LogP contribution in [0.25, 0.3) is 10.7 Å². The Morgan fingerprint density at radius 3 is 2.85 bits per heavy atom. The highest BCUT2D eigenvalue weighted by Crippen LogP contribution is 2.27. The number of anilines is 1. The third-order valence-electron chi connectivity index (χ3n) is 4.19. The lowest BCUT2D eigenvalue weighted by atomic mass is 10.2. The largest absolute Gasteiger partial charge is 0.378 e. The van der Waals surface area contributed by atoms with Gasteiger partial charge in [0.05, 0.1) is 11.0 Å². The number of rotatable bonds is 6. The minimum atomic E-state index is -0.0503. The number of hydrogen-bond acceptors (Lipinski definition) is 7. The van der Waals surface area contributed by atoms with Gasteiger partial charge in [0.15, 0.2) is 5.82 Å². The van der Waals surface area contributed by atoms with Crippen molar-refractivity contribution >= 4 is 28.8 Å². The van der Waals surface area contributed by atoms with Crippen LogP contribution in [0.4, 0.5) is 5.69 Å². The van der Waals surface area contributed by atoms with E-state index < -0.39 is 0 Å². The van der Waals surface area contributed by atoms with E-state index in [0.29, 0.717) is 0 Å². The second-order valence-corrected chi connectivity index (χ2v) is 8.22. The highest BCUT2D eigenvalue weighted by molar-refractivity contribution is 7.99. The van der Waals surface area contributed by atoms with Crippen LogP contribution in [0.2, 0.25) is 0 Å². The van der Waals surface area contributed by atoms with Crippen molar-refractivity contribution in [3.8, 4) is 10.7 Å². The highest BCUT2D eigenvalue weighted by Gasteiger charge is 2.26. The number of nitrogens with one attached hydrogen (secondary N) is 2. The number of H-pyrrole nitrogens is 1. The standard InChI is InChI=1S/C18H21N5OS2/c1-23(2)13-7-5-12(6-8-13)17-19-10-14(24-17)11-26-18-20-16(21-22-18)15-4-3-9-25-15/h3-9,14,17,19H,10-11H2,1-2H3,(H,20,21,22)/t14-,17+/m0/s1. The maximum absolute atomic E-state index is 6.14. The van der Waals surface area contributed by atoms with Crippen LogP contribution >= 0.6 is 23.1 Å². The summed E-state index contributed by atoms with van der Waals surface area (Å²) in [7, 11) is 4.08. The zero-order valence-electron chi connectivity index (χ0n) is 14.7. The number of nitrogens with zero attached hydrogens (tertiary/aromatic N) is 3. The maximum Gasteiger partial charge on any atom is 0.208 e. The first kappa shape index (κ1) is 17.5. The molecule has 0 radical (unpaired) electrons. The third-order valence-corrected chi connectivity index (χ3v) is 6.05. The minimum Gasteiger partial charge on any atom is -0.378 e. The van der Waals surface area contributed by atoms with Crippen molar-refractivity contribution in [2.45, 2.75) is 17.5 Å². The Morgan fingerprint density at radius 2 is 2.12 bits per heavy atom. The van der Waals surface area contributed by atoms with E-state index in [-0.39, 0.29) is 12.3 Å². The lowest BCUT2D eigenvalue weighted by Gasteiger charge is -2.16. The Kier molecular flexibility index (Phi) is 5.26. The summed E-state index contributed by atoms with van der Waals surface area (Å²) in [5.41, 5.74) is 2.34. The summed E-state index contributed by atoms with van der Waals surface area (Å²) in [4.78, 5) is 7.74. The van der Waals surface area contributed by atoms with Crippen molar-refractivity contribution in [1.82, 2.24) is 20.5 Å². The molecular weight excluding hydrogens is 366 g/mol. The van der Waals surface area contributed by atoms with Crippen LogP contribution in [0.1, 0.15) is 11.8 Å². The first-order valence-electron chi connectivity index (χ1n) is 8.44. The molecule has 0 saturated carbocycles. The summed E-state index contributed by atoms with van der Waals surface area (Å²) in [5, 5.41) is 13.5. The number of aromatic amines is 1. The van der Waals surface area contributed by atoms with Crippen molar-refractivity contribution < 1.29 is 4.74 Å². The van der Waals surface area contributed by atoms with Crippen LogP contribution in [0.15, 0.2) is 46.9 Å². The van der Waals surface area contributed by atoms with E-state index >= 15 is 0 Å². The average Bonchev–Trinajstić information content (AvgIpc) is 3.40. The van der Waals surface area contributed by atoms with Gasteiger partial charge in [0, 0.05) is 32.1 Å². The number of aromatic nitrogens is 3. The molecule has 1 aromatic carbocycles. The van der Waals surface area contributed by atoms with E-state index in [1.54, 1.807) is 23.1 Å². The molecule has 1 saturated heterocycles. The smallest absolute Gasteiger partial charge is 0.208 e. The van der Waals surface area contributed by atoms with E-state index in [1.165, 1.54) is 5.69 Å². The Morgan fingerprint density at radius 1 is 1.27 bits per heavy atom. The molecule has 8 heteroatoms. The predicted molar refractivity (Wildman–Crippen MR) is 107 cm³/mol. The first-order chi connectivity index (χ1) is 12.7. The Balaban J connectivity index is 1.30. The second-order valence-electron chi connectivity index (χ2n) is 6.29. The number of ether oxygens (including phenoxy) is 1. The quantitative estimate of drug-likeness (QED) is 0.632. The number of benzene rings is 1. The van der Waals surface area contributed by atoms with Crippen LogP contribution in [-0.2, 0) is 4.74 Å². The second kappa shape index (κ2) is 7.79. The van der Waals surface area contributed by atoms with Gasteiger partial charge in [0.2, 0.25) is 5.16 Å². The minimum absolute atomic E-state index is 0.0503. The van der Waals surface area contributed by atoms with Gasteiger partial charge in [-0.3, -0.25) is 10.4 Å². The Hall–Kier alpha value is -1.87. The van der Waals surface area contributed by atoms with E-state index in [1.807, 2.05) is 31.6 Å².